The van der Waals surface area contributed by atoms with Gasteiger partial charge in [-0.25, -0.2) is 0 Å². The van der Waals surface area contributed by atoms with Crippen molar-refractivity contribution in [3.05, 3.63) is 29.3 Å². The van der Waals surface area contributed by atoms with Gasteiger partial charge in [0.1, 0.15) is 5.75 Å². The van der Waals surface area contributed by atoms with Crippen LogP contribution in [-0.4, -0.2) is 22.6 Å². The van der Waals surface area contributed by atoms with Crippen LogP contribution in [0.15, 0.2) is 18.2 Å². The number of halogens is 6. The Hall–Kier alpha value is -1.44. The summed E-state index contributed by atoms with van der Waals surface area (Å²) in [6.45, 7) is 3.31. The van der Waals surface area contributed by atoms with Crippen LogP contribution in [0.2, 0.25) is 0 Å². The average Bonchev–Trinajstić information content (AvgIpc) is 2.34. The van der Waals surface area contributed by atoms with Gasteiger partial charge in [-0.1, -0.05) is 19.9 Å². The summed E-state index contributed by atoms with van der Waals surface area (Å²) in [5.74, 6) is -1.59. The van der Waals surface area contributed by atoms with E-state index >= 15 is 0 Å². The van der Waals surface area contributed by atoms with Gasteiger partial charge < -0.3 is 10.2 Å². The van der Waals surface area contributed by atoms with Crippen molar-refractivity contribution in [2.45, 2.75) is 44.1 Å². The third-order valence-corrected chi connectivity index (χ3v) is 3.41. The topological polar surface area (TPSA) is 40.5 Å². The molecule has 0 heterocycles. The number of hydrogen-bond acceptors (Lipinski definition) is 2. The van der Waals surface area contributed by atoms with Gasteiger partial charge in [-0.3, -0.25) is 0 Å². The fourth-order valence-electron chi connectivity index (χ4n) is 1.85. The van der Waals surface area contributed by atoms with E-state index in [0.717, 1.165) is 6.07 Å². The second kappa shape index (κ2) is 5.40. The zero-order chi connectivity index (χ0) is 16.6. The molecular formula is C13H14F6O2. The Morgan fingerprint density at radius 1 is 1.05 bits per heavy atom. The van der Waals surface area contributed by atoms with Crippen LogP contribution < -0.4 is 0 Å². The molecule has 1 unspecified atom stereocenters. The summed E-state index contributed by atoms with van der Waals surface area (Å²) in [6, 6.07) is 2.49. The van der Waals surface area contributed by atoms with Gasteiger partial charge in [-0.2, -0.15) is 26.3 Å². The van der Waals surface area contributed by atoms with E-state index in [1.807, 2.05) is 0 Å². The first-order chi connectivity index (χ1) is 9.36. The molecule has 120 valence electrons. The summed E-state index contributed by atoms with van der Waals surface area (Å²) < 4.78 is 76.8. The Labute approximate surface area is 117 Å². The number of rotatable bonds is 3. The molecule has 0 aliphatic heterocycles. The number of phenolic OH excluding ortho intramolecular Hbond substituents is 1. The second-order valence-corrected chi connectivity index (χ2v) is 4.79. The highest BCUT2D eigenvalue weighted by Crippen LogP contribution is 2.52. The van der Waals surface area contributed by atoms with Crippen LogP contribution in [0.3, 0.4) is 0 Å². The Morgan fingerprint density at radius 2 is 1.52 bits per heavy atom. The third-order valence-electron chi connectivity index (χ3n) is 3.41. The van der Waals surface area contributed by atoms with Crippen molar-refractivity contribution in [1.82, 2.24) is 0 Å². The molecule has 1 aromatic rings. The normalized spacial score (nSPS) is 15.1. The lowest BCUT2D eigenvalue weighted by Gasteiger charge is -2.33. The van der Waals surface area contributed by atoms with Crippen molar-refractivity contribution in [3.63, 3.8) is 0 Å². The molecule has 0 aromatic heterocycles. The minimum Gasteiger partial charge on any atom is -0.508 e. The zero-order valence-corrected chi connectivity index (χ0v) is 11.2. The van der Waals surface area contributed by atoms with E-state index in [1.54, 1.807) is 13.8 Å². The lowest BCUT2D eigenvalue weighted by molar-refractivity contribution is -0.376. The van der Waals surface area contributed by atoms with Crippen LogP contribution in [0, 0.1) is 0 Å². The smallest absolute Gasteiger partial charge is 0.430 e. The highest BCUT2D eigenvalue weighted by Gasteiger charge is 2.72. The number of benzene rings is 1. The molecular weight excluding hydrogens is 302 g/mol. The Morgan fingerprint density at radius 3 is 1.90 bits per heavy atom. The highest BCUT2D eigenvalue weighted by molar-refractivity contribution is 5.43. The molecule has 0 radical (unpaired) electrons. The molecule has 2 nitrogen and oxygen atoms in total. The largest absolute Gasteiger partial charge is 0.508 e. The van der Waals surface area contributed by atoms with Gasteiger partial charge in [0, 0.05) is 5.56 Å². The van der Waals surface area contributed by atoms with Crippen LogP contribution in [0.5, 0.6) is 5.75 Å². The molecule has 21 heavy (non-hydrogen) atoms. The van der Waals surface area contributed by atoms with E-state index in [-0.39, 0.29) is 11.5 Å². The summed E-state index contributed by atoms with van der Waals surface area (Å²) >= 11 is 0. The molecule has 0 spiro atoms. The third kappa shape index (κ3) is 2.95. The predicted octanol–water partition coefficient (Wildman–Crippen LogP) is 4.22. The van der Waals surface area contributed by atoms with Crippen molar-refractivity contribution in [1.29, 1.82) is 0 Å². The summed E-state index contributed by atoms with van der Waals surface area (Å²) in [6.07, 6.45) is -11.6. The molecule has 0 bridgehead atoms. The Balaban J connectivity index is 3.60. The van der Waals surface area contributed by atoms with Gasteiger partial charge in [-0.05, 0) is 30.0 Å². The van der Waals surface area contributed by atoms with Crippen LogP contribution in [0.1, 0.15) is 37.3 Å². The Kier molecular flexibility index (Phi) is 4.53. The van der Waals surface area contributed by atoms with Crippen LogP contribution >= 0.6 is 0 Å². The standard InChI is InChI=1S/C13H14F6O2/c1-3-7(2)8-4-5-10(20)9(6-8)11(21,12(14,15)16)13(17,18)19/h4-7,20-21H,3H2,1-2H3. The van der Waals surface area contributed by atoms with Crippen molar-refractivity contribution in [2.75, 3.05) is 0 Å². The predicted molar refractivity (Wildman–Crippen MR) is 62.8 cm³/mol. The lowest BCUT2D eigenvalue weighted by Crippen LogP contribution is -2.54. The molecule has 0 fully saturated rings. The zero-order valence-electron chi connectivity index (χ0n) is 11.2. The van der Waals surface area contributed by atoms with Gasteiger partial charge >= 0.3 is 12.4 Å². The number of alkyl halides is 6. The molecule has 1 rings (SSSR count). The molecule has 1 aromatic carbocycles. The lowest BCUT2D eigenvalue weighted by atomic mass is 9.87. The van der Waals surface area contributed by atoms with Crippen LogP contribution in [-0.2, 0) is 5.60 Å². The summed E-state index contributed by atoms with van der Waals surface area (Å²) in [5.41, 5.74) is -6.56. The maximum absolute atomic E-state index is 12.8. The number of phenols is 1. The number of aliphatic hydroxyl groups is 1. The van der Waals surface area contributed by atoms with E-state index in [4.69, 9.17) is 0 Å². The van der Waals surface area contributed by atoms with E-state index in [0.29, 0.717) is 12.5 Å². The molecule has 0 aliphatic carbocycles. The van der Waals surface area contributed by atoms with E-state index < -0.39 is 29.3 Å². The van der Waals surface area contributed by atoms with Crippen molar-refractivity contribution in [2.24, 2.45) is 0 Å². The number of aromatic hydroxyl groups is 1. The van der Waals surface area contributed by atoms with Gasteiger partial charge in [-0.15, -0.1) is 0 Å². The monoisotopic (exact) mass is 316 g/mol. The highest BCUT2D eigenvalue weighted by atomic mass is 19.4. The molecule has 0 saturated carbocycles. The molecule has 0 aliphatic rings. The fourth-order valence-corrected chi connectivity index (χ4v) is 1.85. The first-order valence-electron chi connectivity index (χ1n) is 6.05. The molecule has 2 N–H and O–H groups in total. The van der Waals surface area contributed by atoms with Crippen molar-refractivity contribution < 1.29 is 36.6 Å². The minimum absolute atomic E-state index is 0.164. The maximum atomic E-state index is 12.8. The maximum Gasteiger partial charge on any atom is 0.430 e. The van der Waals surface area contributed by atoms with E-state index in [1.165, 1.54) is 6.07 Å². The van der Waals surface area contributed by atoms with Crippen molar-refractivity contribution >= 4 is 0 Å². The van der Waals surface area contributed by atoms with Gasteiger partial charge in [0.15, 0.2) is 0 Å². The first-order valence-corrected chi connectivity index (χ1v) is 6.05. The minimum atomic E-state index is -6.02. The van der Waals surface area contributed by atoms with Gasteiger partial charge in [0.25, 0.3) is 5.60 Å². The molecule has 1 atom stereocenters. The molecule has 8 heteroatoms. The molecule has 0 amide bonds. The quantitative estimate of drug-likeness (QED) is 0.820. The van der Waals surface area contributed by atoms with Crippen LogP contribution in [0.4, 0.5) is 26.3 Å². The molecule has 0 saturated heterocycles. The van der Waals surface area contributed by atoms with Crippen LogP contribution in [0.25, 0.3) is 0 Å². The van der Waals surface area contributed by atoms with Gasteiger partial charge in [0.05, 0.1) is 0 Å². The summed E-state index contributed by atoms with van der Waals surface area (Å²) in [7, 11) is 0. The first kappa shape index (κ1) is 17.6. The summed E-state index contributed by atoms with van der Waals surface area (Å²) in [4.78, 5) is 0. The Bertz CT molecular complexity index is 492. The average molecular weight is 316 g/mol. The van der Waals surface area contributed by atoms with E-state index in [2.05, 4.69) is 0 Å². The van der Waals surface area contributed by atoms with E-state index in [9.17, 15) is 36.6 Å². The number of hydrogen-bond donors (Lipinski definition) is 2. The van der Waals surface area contributed by atoms with Crippen molar-refractivity contribution in [3.8, 4) is 5.75 Å². The fraction of sp³-hybridized carbons (Fsp3) is 0.538. The summed E-state index contributed by atoms with van der Waals surface area (Å²) in [5, 5.41) is 18.7. The van der Waals surface area contributed by atoms with Gasteiger partial charge in [0.2, 0.25) is 0 Å². The second-order valence-electron chi connectivity index (χ2n) is 4.79. The SMILES string of the molecule is CCC(C)c1ccc(O)c(C(O)(C(F)(F)F)C(F)(F)F)c1.